The van der Waals surface area contributed by atoms with E-state index < -0.39 is 5.91 Å². The molecule has 1 rings (SSSR count). The molecule has 0 aliphatic carbocycles. The molecule has 3 nitrogen and oxygen atoms in total. The maximum Gasteiger partial charge on any atom is 0.241 e. The zero-order chi connectivity index (χ0) is 11.6. The highest BCUT2D eigenvalue weighted by atomic mass is 79.9. The van der Waals surface area contributed by atoms with Gasteiger partial charge in [-0.25, -0.2) is 0 Å². The van der Waals surface area contributed by atoms with Crippen LogP contribution in [0.5, 0.6) is 5.75 Å². The van der Waals surface area contributed by atoms with Crippen molar-refractivity contribution in [2.75, 3.05) is 0 Å². The molecule has 0 aliphatic rings. The van der Waals surface area contributed by atoms with Crippen molar-refractivity contribution < 1.29 is 9.90 Å². The first-order valence-electron chi connectivity index (χ1n) is 4.39. The van der Waals surface area contributed by atoms with Crippen LogP contribution in [0.25, 0.3) is 6.08 Å². The van der Waals surface area contributed by atoms with E-state index in [0.717, 1.165) is 15.6 Å². The Morgan fingerprint density at radius 1 is 1.53 bits per heavy atom. The third-order valence-corrected chi connectivity index (χ3v) is 2.97. The highest BCUT2D eigenvalue weighted by molar-refractivity contribution is 9.10. The predicted octanol–water partition coefficient (Wildman–Crippen LogP) is 2.27. The van der Waals surface area contributed by atoms with Crippen LogP contribution in [0.1, 0.15) is 16.7 Å². The molecule has 3 N–H and O–H groups in total. The van der Waals surface area contributed by atoms with Crippen LogP contribution >= 0.6 is 15.9 Å². The third-order valence-electron chi connectivity index (χ3n) is 2.15. The molecule has 0 aliphatic heterocycles. The first kappa shape index (κ1) is 11.8. The molecule has 0 saturated heterocycles. The van der Waals surface area contributed by atoms with Crippen molar-refractivity contribution >= 4 is 27.9 Å². The van der Waals surface area contributed by atoms with Gasteiger partial charge in [0.05, 0.1) is 0 Å². The Morgan fingerprint density at radius 3 is 2.67 bits per heavy atom. The summed E-state index contributed by atoms with van der Waals surface area (Å²) < 4.78 is 0.891. The number of nitrogens with two attached hydrogens (primary N) is 1. The Bertz CT molecular complexity index is 412. The average molecular weight is 270 g/mol. The number of halogens is 1. The van der Waals surface area contributed by atoms with Gasteiger partial charge < -0.3 is 10.8 Å². The highest BCUT2D eigenvalue weighted by Crippen LogP contribution is 2.32. The van der Waals surface area contributed by atoms with E-state index in [2.05, 4.69) is 15.9 Å². The summed E-state index contributed by atoms with van der Waals surface area (Å²) in [5, 5.41) is 9.79. The van der Waals surface area contributed by atoms with Crippen LogP contribution in [0.3, 0.4) is 0 Å². The van der Waals surface area contributed by atoms with Gasteiger partial charge in [0, 0.05) is 16.1 Å². The van der Waals surface area contributed by atoms with Gasteiger partial charge in [-0.1, -0.05) is 15.9 Å². The lowest BCUT2D eigenvalue weighted by Crippen LogP contribution is -2.05. The first-order valence-corrected chi connectivity index (χ1v) is 5.19. The van der Waals surface area contributed by atoms with Crippen molar-refractivity contribution in [2.45, 2.75) is 13.8 Å². The summed E-state index contributed by atoms with van der Waals surface area (Å²) in [6, 6.07) is 1.83. The van der Waals surface area contributed by atoms with Crippen LogP contribution in [0.4, 0.5) is 0 Å². The van der Waals surface area contributed by atoms with E-state index >= 15 is 0 Å². The molecule has 0 bridgehead atoms. The first-order chi connectivity index (χ1) is 6.93. The summed E-state index contributed by atoms with van der Waals surface area (Å²) >= 11 is 3.38. The van der Waals surface area contributed by atoms with Crippen LogP contribution in [0.2, 0.25) is 0 Å². The number of aryl methyl sites for hydroxylation is 1. The van der Waals surface area contributed by atoms with E-state index in [1.807, 2.05) is 13.0 Å². The van der Waals surface area contributed by atoms with Crippen molar-refractivity contribution in [3.63, 3.8) is 0 Å². The quantitative estimate of drug-likeness (QED) is 0.810. The largest absolute Gasteiger partial charge is 0.507 e. The van der Waals surface area contributed by atoms with Gasteiger partial charge in [0.25, 0.3) is 0 Å². The van der Waals surface area contributed by atoms with Crippen LogP contribution in [-0.4, -0.2) is 11.0 Å². The number of rotatable bonds is 2. The zero-order valence-corrected chi connectivity index (χ0v) is 10.1. The number of phenols is 1. The topological polar surface area (TPSA) is 63.3 Å². The summed E-state index contributed by atoms with van der Waals surface area (Å²) in [5.41, 5.74) is 7.23. The number of aromatic hydroxyl groups is 1. The predicted molar refractivity (Wildman–Crippen MR) is 63.5 cm³/mol. The molecule has 0 heterocycles. The molecule has 1 aromatic rings. The lowest BCUT2D eigenvalue weighted by molar-refractivity contribution is -0.113. The van der Waals surface area contributed by atoms with Crippen LogP contribution in [-0.2, 0) is 4.79 Å². The summed E-state index contributed by atoms with van der Waals surface area (Å²) in [7, 11) is 0. The molecule has 0 aromatic heterocycles. The fourth-order valence-corrected chi connectivity index (χ4v) is 1.81. The minimum Gasteiger partial charge on any atom is -0.507 e. The number of benzene rings is 1. The molecule has 0 radical (unpaired) electrons. The van der Waals surface area contributed by atoms with Gasteiger partial charge in [-0.3, -0.25) is 4.79 Å². The van der Waals surface area contributed by atoms with Crippen molar-refractivity contribution in [3.05, 3.63) is 33.3 Å². The van der Waals surface area contributed by atoms with E-state index in [1.165, 1.54) is 12.2 Å². The number of hydrogen-bond acceptors (Lipinski definition) is 2. The van der Waals surface area contributed by atoms with Gasteiger partial charge in [-0.15, -0.1) is 0 Å². The van der Waals surface area contributed by atoms with Crippen molar-refractivity contribution in [3.8, 4) is 5.75 Å². The summed E-state index contributed by atoms with van der Waals surface area (Å²) in [6.45, 7) is 3.64. The van der Waals surface area contributed by atoms with Gasteiger partial charge in [0.15, 0.2) is 0 Å². The number of carbonyl (C=O) groups excluding carboxylic acids is 1. The Kier molecular flexibility index (Phi) is 3.52. The monoisotopic (exact) mass is 269 g/mol. The SMILES string of the molecule is Cc1cc(Br)c(C)c(/C=C/C(N)=O)c1O. The molecule has 0 fully saturated rings. The average Bonchev–Trinajstić information content (AvgIpc) is 2.14. The maximum absolute atomic E-state index is 10.6. The van der Waals surface area contributed by atoms with Crippen LogP contribution < -0.4 is 5.73 Å². The van der Waals surface area contributed by atoms with Crippen molar-refractivity contribution in [1.82, 2.24) is 0 Å². The molecular weight excluding hydrogens is 258 g/mol. The van der Waals surface area contributed by atoms with Gasteiger partial charge in [-0.2, -0.15) is 0 Å². The third kappa shape index (κ3) is 2.59. The van der Waals surface area contributed by atoms with E-state index in [1.54, 1.807) is 6.92 Å². The summed E-state index contributed by atoms with van der Waals surface area (Å²) in [6.07, 6.45) is 2.75. The van der Waals surface area contributed by atoms with Gasteiger partial charge in [0.2, 0.25) is 5.91 Å². The summed E-state index contributed by atoms with van der Waals surface area (Å²) in [4.78, 5) is 10.6. The van der Waals surface area contributed by atoms with E-state index in [4.69, 9.17) is 5.73 Å². The van der Waals surface area contributed by atoms with Gasteiger partial charge in [0.1, 0.15) is 5.75 Å². The smallest absolute Gasteiger partial charge is 0.241 e. The molecule has 80 valence electrons. The zero-order valence-electron chi connectivity index (χ0n) is 8.54. The number of primary amides is 1. The van der Waals surface area contributed by atoms with Crippen molar-refractivity contribution in [1.29, 1.82) is 0 Å². The maximum atomic E-state index is 10.6. The Hall–Kier alpha value is -1.29. The molecule has 15 heavy (non-hydrogen) atoms. The fraction of sp³-hybridized carbons (Fsp3) is 0.182. The molecule has 4 heteroatoms. The minimum atomic E-state index is -0.536. The number of carbonyl (C=O) groups is 1. The van der Waals surface area contributed by atoms with Crippen LogP contribution in [0.15, 0.2) is 16.6 Å². The number of phenolic OH excluding ortho intramolecular Hbond substituents is 1. The van der Waals surface area contributed by atoms with E-state index in [9.17, 15) is 9.90 Å². The minimum absolute atomic E-state index is 0.174. The number of hydrogen-bond donors (Lipinski definition) is 2. The Morgan fingerprint density at radius 2 is 2.13 bits per heavy atom. The van der Waals surface area contributed by atoms with E-state index in [0.29, 0.717) is 5.56 Å². The molecule has 1 amide bonds. The van der Waals surface area contributed by atoms with E-state index in [-0.39, 0.29) is 5.75 Å². The highest BCUT2D eigenvalue weighted by Gasteiger charge is 2.08. The molecule has 0 atom stereocenters. The molecule has 0 spiro atoms. The fourth-order valence-electron chi connectivity index (χ4n) is 1.25. The number of amides is 1. The molecule has 1 aromatic carbocycles. The molecular formula is C11H12BrNO2. The van der Waals surface area contributed by atoms with Crippen molar-refractivity contribution in [2.24, 2.45) is 5.73 Å². The van der Waals surface area contributed by atoms with Crippen LogP contribution in [0, 0.1) is 13.8 Å². The second kappa shape index (κ2) is 4.49. The standard InChI is InChI=1S/C11H12BrNO2/c1-6-5-9(12)7(2)8(11(6)15)3-4-10(13)14/h3-5,15H,1-2H3,(H2,13,14)/b4-3+. The lowest BCUT2D eigenvalue weighted by Gasteiger charge is -2.09. The Labute approximate surface area is 96.7 Å². The molecule has 0 unspecified atom stereocenters. The van der Waals surface area contributed by atoms with Gasteiger partial charge >= 0.3 is 0 Å². The second-order valence-electron chi connectivity index (χ2n) is 3.30. The van der Waals surface area contributed by atoms with Gasteiger partial charge in [-0.05, 0) is 37.1 Å². The normalized spacial score (nSPS) is 10.9. The Balaban J connectivity index is 3.33. The lowest BCUT2D eigenvalue weighted by atomic mass is 10.0. The summed E-state index contributed by atoms with van der Waals surface area (Å²) in [5.74, 6) is -0.361. The molecule has 0 saturated carbocycles. The second-order valence-corrected chi connectivity index (χ2v) is 4.15.